The number of halogens is 1. The summed E-state index contributed by atoms with van der Waals surface area (Å²) in [5.41, 5.74) is 0.909. The summed E-state index contributed by atoms with van der Waals surface area (Å²) in [7, 11) is 3.07. The molecule has 0 amide bonds. The maximum atomic E-state index is 10.8. The van der Waals surface area contributed by atoms with E-state index in [1.807, 2.05) is 0 Å². The zero-order chi connectivity index (χ0) is 17.7. The largest absolute Gasteiger partial charge is 0.493 e. The van der Waals surface area contributed by atoms with Gasteiger partial charge in [0.1, 0.15) is 0 Å². The number of anilines is 2. The van der Waals surface area contributed by atoms with Gasteiger partial charge in [-0.25, -0.2) is 0 Å². The number of nitrogens with zero attached hydrogens (tertiary/aromatic N) is 1. The van der Waals surface area contributed by atoms with E-state index >= 15 is 0 Å². The Morgan fingerprint density at radius 2 is 1.83 bits per heavy atom. The van der Waals surface area contributed by atoms with E-state index in [1.54, 1.807) is 25.3 Å². The second-order valence-electron chi connectivity index (χ2n) is 4.57. The first kappa shape index (κ1) is 17.8. The lowest BCUT2D eigenvalue weighted by Crippen LogP contribution is -2.19. The molecule has 0 aromatic heterocycles. The molecule has 2 aromatic rings. The fraction of sp³-hybridized carbons (Fsp3) is 0.133. The van der Waals surface area contributed by atoms with Crippen LogP contribution in [0.2, 0.25) is 5.02 Å². The lowest BCUT2D eigenvalue weighted by Gasteiger charge is -2.13. The summed E-state index contributed by atoms with van der Waals surface area (Å²) in [6.45, 7) is 0. The third-order valence-corrected chi connectivity index (χ3v) is 3.58. The van der Waals surface area contributed by atoms with Crippen molar-refractivity contribution in [3.63, 3.8) is 0 Å². The summed E-state index contributed by atoms with van der Waals surface area (Å²) in [4.78, 5) is 10.3. The molecule has 0 spiro atoms. The maximum absolute atomic E-state index is 10.8. The van der Waals surface area contributed by atoms with E-state index in [0.29, 0.717) is 27.9 Å². The molecule has 0 heterocycles. The molecule has 0 bridgehead atoms. The van der Waals surface area contributed by atoms with Gasteiger partial charge in [0.05, 0.1) is 29.9 Å². The van der Waals surface area contributed by atoms with E-state index in [-0.39, 0.29) is 10.8 Å². The van der Waals surface area contributed by atoms with Gasteiger partial charge in [0.15, 0.2) is 16.6 Å². The van der Waals surface area contributed by atoms with Crippen LogP contribution in [0.5, 0.6) is 11.5 Å². The topological polar surface area (TPSA) is 85.7 Å². The van der Waals surface area contributed by atoms with Crippen LogP contribution >= 0.6 is 23.8 Å². The molecule has 7 nitrogen and oxygen atoms in total. The molecule has 0 saturated heterocycles. The highest BCUT2D eigenvalue weighted by molar-refractivity contribution is 7.80. The molecule has 0 unspecified atom stereocenters. The monoisotopic (exact) mass is 367 g/mol. The molecule has 2 aromatic carbocycles. The van der Waals surface area contributed by atoms with E-state index < -0.39 is 4.92 Å². The fourth-order valence-corrected chi connectivity index (χ4v) is 2.31. The Morgan fingerprint density at radius 1 is 1.12 bits per heavy atom. The van der Waals surface area contributed by atoms with Gasteiger partial charge in [-0.1, -0.05) is 11.6 Å². The van der Waals surface area contributed by atoms with Crippen LogP contribution in [0.4, 0.5) is 17.1 Å². The summed E-state index contributed by atoms with van der Waals surface area (Å²) in [5.74, 6) is 1.13. The van der Waals surface area contributed by atoms with Gasteiger partial charge in [0.25, 0.3) is 5.69 Å². The zero-order valence-electron chi connectivity index (χ0n) is 12.8. The first-order valence-corrected chi connectivity index (χ1v) is 7.47. The molecule has 0 aliphatic carbocycles. The number of nitro groups is 1. The average Bonchev–Trinajstić information content (AvgIpc) is 2.56. The van der Waals surface area contributed by atoms with Crippen LogP contribution in [0.3, 0.4) is 0 Å². The van der Waals surface area contributed by atoms with E-state index in [2.05, 4.69) is 10.6 Å². The normalized spacial score (nSPS) is 9.96. The highest BCUT2D eigenvalue weighted by Crippen LogP contribution is 2.30. The lowest BCUT2D eigenvalue weighted by molar-refractivity contribution is -0.384. The standard InChI is InChI=1S/C15H14ClN3O4S/c1-22-13-6-3-9(7-14(13)23-2)17-15(24)18-12-8-10(19(20)21)4-5-11(12)16/h3-8H,1-2H3,(H2,17,18,24). The number of non-ortho nitro benzene ring substituents is 1. The van der Waals surface area contributed by atoms with Crippen molar-refractivity contribution in [3.8, 4) is 11.5 Å². The molecular formula is C15H14ClN3O4S. The van der Waals surface area contributed by atoms with Gasteiger partial charge in [-0.2, -0.15) is 0 Å². The van der Waals surface area contributed by atoms with Gasteiger partial charge >= 0.3 is 0 Å². The van der Waals surface area contributed by atoms with Crippen LogP contribution in [0.25, 0.3) is 0 Å². The van der Waals surface area contributed by atoms with Crippen LogP contribution in [-0.4, -0.2) is 24.3 Å². The van der Waals surface area contributed by atoms with E-state index in [4.69, 9.17) is 33.3 Å². The highest BCUT2D eigenvalue weighted by atomic mass is 35.5. The van der Waals surface area contributed by atoms with Crippen molar-refractivity contribution in [1.82, 2.24) is 0 Å². The van der Waals surface area contributed by atoms with Crippen LogP contribution in [0.1, 0.15) is 0 Å². The SMILES string of the molecule is COc1ccc(NC(=S)Nc2cc([N+](=O)[O-])ccc2Cl)cc1OC. The first-order chi connectivity index (χ1) is 11.4. The molecule has 126 valence electrons. The molecule has 0 atom stereocenters. The predicted molar refractivity (Wildman–Crippen MR) is 97.5 cm³/mol. The highest BCUT2D eigenvalue weighted by Gasteiger charge is 2.11. The Labute approximate surface area is 148 Å². The zero-order valence-corrected chi connectivity index (χ0v) is 14.4. The number of nitrogens with one attached hydrogen (secondary N) is 2. The minimum absolute atomic E-state index is 0.0872. The van der Waals surface area contributed by atoms with E-state index in [0.717, 1.165) is 0 Å². The Morgan fingerprint density at radius 3 is 2.46 bits per heavy atom. The number of nitro benzene ring substituents is 1. The smallest absolute Gasteiger partial charge is 0.271 e. The minimum Gasteiger partial charge on any atom is -0.493 e. The van der Waals surface area contributed by atoms with Gasteiger partial charge < -0.3 is 20.1 Å². The van der Waals surface area contributed by atoms with Crippen molar-refractivity contribution in [2.45, 2.75) is 0 Å². The van der Waals surface area contributed by atoms with Gasteiger partial charge in [-0.15, -0.1) is 0 Å². The van der Waals surface area contributed by atoms with Crippen molar-refractivity contribution in [2.75, 3.05) is 24.9 Å². The maximum Gasteiger partial charge on any atom is 0.271 e. The first-order valence-electron chi connectivity index (χ1n) is 6.68. The summed E-state index contributed by atoms with van der Waals surface area (Å²) >= 11 is 11.2. The lowest BCUT2D eigenvalue weighted by atomic mass is 10.2. The fourth-order valence-electron chi connectivity index (χ4n) is 1.92. The predicted octanol–water partition coefficient (Wildman–Crippen LogP) is 4.07. The molecule has 0 fully saturated rings. The van der Waals surface area contributed by atoms with Gasteiger partial charge in [-0.05, 0) is 30.4 Å². The second-order valence-corrected chi connectivity index (χ2v) is 5.39. The molecule has 0 aliphatic heterocycles. The quantitative estimate of drug-likeness (QED) is 0.468. The van der Waals surface area contributed by atoms with E-state index in [1.165, 1.54) is 25.3 Å². The van der Waals surface area contributed by atoms with Gasteiger partial charge in [-0.3, -0.25) is 10.1 Å². The summed E-state index contributed by atoms with van der Waals surface area (Å²) < 4.78 is 10.4. The summed E-state index contributed by atoms with van der Waals surface area (Å²) in [5, 5.41) is 17.2. The molecule has 24 heavy (non-hydrogen) atoms. The molecule has 0 radical (unpaired) electrons. The Kier molecular flexibility index (Phi) is 5.78. The van der Waals surface area contributed by atoms with Crippen molar-refractivity contribution in [1.29, 1.82) is 0 Å². The van der Waals surface area contributed by atoms with Crippen molar-refractivity contribution >= 4 is 46.0 Å². The summed E-state index contributed by atoms with van der Waals surface area (Å²) in [6, 6.07) is 9.25. The van der Waals surface area contributed by atoms with E-state index in [9.17, 15) is 10.1 Å². The van der Waals surface area contributed by atoms with Gasteiger partial charge in [0.2, 0.25) is 0 Å². The Hall–Kier alpha value is -2.58. The molecule has 9 heteroatoms. The third-order valence-electron chi connectivity index (χ3n) is 3.05. The van der Waals surface area contributed by atoms with Crippen LogP contribution in [-0.2, 0) is 0 Å². The van der Waals surface area contributed by atoms with Gasteiger partial charge in [0, 0.05) is 23.9 Å². The summed E-state index contributed by atoms with van der Waals surface area (Å²) in [6.07, 6.45) is 0. The van der Waals surface area contributed by atoms with Crippen LogP contribution in [0, 0.1) is 10.1 Å². The number of benzene rings is 2. The number of rotatable bonds is 5. The number of methoxy groups -OCH3 is 2. The van der Waals surface area contributed by atoms with Crippen LogP contribution < -0.4 is 20.1 Å². The third kappa shape index (κ3) is 4.24. The molecule has 2 N–H and O–H groups in total. The number of ether oxygens (including phenoxy) is 2. The van der Waals surface area contributed by atoms with Crippen molar-refractivity contribution in [2.24, 2.45) is 0 Å². The number of thiocarbonyl (C=S) groups is 1. The van der Waals surface area contributed by atoms with Crippen LogP contribution in [0.15, 0.2) is 36.4 Å². The molecule has 0 saturated carbocycles. The minimum atomic E-state index is -0.508. The molecule has 0 aliphatic rings. The number of hydrogen-bond acceptors (Lipinski definition) is 5. The average molecular weight is 368 g/mol. The molecular weight excluding hydrogens is 354 g/mol. The number of hydrogen-bond donors (Lipinski definition) is 2. The Balaban J connectivity index is 2.14. The Bertz CT molecular complexity index is 785. The van der Waals surface area contributed by atoms with Crippen molar-refractivity contribution in [3.05, 3.63) is 51.5 Å². The second kappa shape index (κ2) is 7.80. The molecule has 2 rings (SSSR count). The van der Waals surface area contributed by atoms with Crippen molar-refractivity contribution < 1.29 is 14.4 Å².